The Balaban J connectivity index is 2.77. The van der Waals surface area contributed by atoms with Gasteiger partial charge in [-0.2, -0.15) is 0 Å². The number of imidazole rings is 1. The Morgan fingerprint density at radius 1 is 1.05 bits per heavy atom. The first kappa shape index (κ1) is 18.0. The predicted octanol–water partition coefficient (Wildman–Crippen LogP) is 5.83. The Bertz CT molecular complexity index is 367. The molecule has 116 valence electrons. The summed E-state index contributed by atoms with van der Waals surface area (Å²) in [5, 5.41) is 0. The van der Waals surface area contributed by atoms with Crippen molar-refractivity contribution in [3.05, 3.63) is 15.7 Å². The van der Waals surface area contributed by atoms with Crippen LogP contribution < -0.4 is 0 Å². The largest absolute Gasteiger partial charge is 0.336 e. The van der Waals surface area contributed by atoms with Gasteiger partial charge in [0, 0.05) is 12.5 Å². The second kappa shape index (κ2) is 9.06. The number of rotatable bonds is 10. The standard InChI is InChI=1S/C17H31IN2/c1-5-7-9-11-13-17(3,12-10-8-6-2)15-16(18)19-14-20(15)4/h14H,5-13H2,1-4H3. The summed E-state index contributed by atoms with van der Waals surface area (Å²) < 4.78 is 3.44. The number of aromatic nitrogens is 2. The van der Waals surface area contributed by atoms with E-state index in [0.29, 0.717) is 5.41 Å². The number of hydrogen-bond donors (Lipinski definition) is 0. The van der Waals surface area contributed by atoms with Gasteiger partial charge in [0.05, 0.1) is 12.0 Å². The molecule has 1 heterocycles. The molecule has 1 rings (SSSR count). The maximum Gasteiger partial charge on any atom is 0.123 e. The lowest BCUT2D eigenvalue weighted by molar-refractivity contribution is 0.347. The van der Waals surface area contributed by atoms with Crippen molar-refractivity contribution in [3.63, 3.8) is 0 Å². The average molecular weight is 390 g/mol. The van der Waals surface area contributed by atoms with E-state index < -0.39 is 0 Å². The zero-order valence-corrected chi connectivity index (χ0v) is 15.9. The van der Waals surface area contributed by atoms with Crippen LogP contribution in [-0.2, 0) is 12.5 Å². The first-order valence-corrected chi connectivity index (χ1v) is 9.30. The lowest BCUT2D eigenvalue weighted by atomic mass is 9.77. The molecule has 1 aromatic rings. The average Bonchev–Trinajstić information content (AvgIpc) is 2.75. The highest BCUT2D eigenvalue weighted by Crippen LogP contribution is 2.37. The van der Waals surface area contributed by atoms with E-state index in [1.54, 1.807) is 0 Å². The van der Waals surface area contributed by atoms with Gasteiger partial charge < -0.3 is 4.57 Å². The van der Waals surface area contributed by atoms with Crippen LogP contribution in [0.5, 0.6) is 0 Å². The maximum atomic E-state index is 4.50. The summed E-state index contributed by atoms with van der Waals surface area (Å²) in [6.07, 6.45) is 13.9. The van der Waals surface area contributed by atoms with Crippen molar-refractivity contribution in [1.29, 1.82) is 0 Å². The van der Waals surface area contributed by atoms with E-state index in [0.717, 1.165) is 0 Å². The highest BCUT2D eigenvalue weighted by Gasteiger charge is 2.30. The predicted molar refractivity (Wildman–Crippen MR) is 96.2 cm³/mol. The summed E-state index contributed by atoms with van der Waals surface area (Å²) in [7, 11) is 2.15. The van der Waals surface area contributed by atoms with Gasteiger partial charge in [-0.1, -0.05) is 65.7 Å². The van der Waals surface area contributed by atoms with Gasteiger partial charge in [0.2, 0.25) is 0 Å². The van der Waals surface area contributed by atoms with Gasteiger partial charge in [-0.3, -0.25) is 0 Å². The normalized spacial score (nSPS) is 14.4. The molecule has 0 radical (unpaired) electrons. The molecule has 0 aliphatic carbocycles. The van der Waals surface area contributed by atoms with E-state index in [1.165, 1.54) is 67.2 Å². The van der Waals surface area contributed by atoms with Crippen molar-refractivity contribution in [2.45, 2.75) is 84.0 Å². The lowest BCUT2D eigenvalue weighted by Gasteiger charge is -2.31. The van der Waals surface area contributed by atoms with Crippen LogP contribution in [0.1, 0.15) is 84.3 Å². The molecule has 1 unspecified atom stereocenters. The minimum absolute atomic E-state index is 0.296. The molecule has 0 spiro atoms. The number of aryl methyl sites for hydroxylation is 1. The second-order valence-corrected chi connectivity index (χ2v) is 7.35. The van der Waals surface area contributed by atoms with Crippen LogP contribution in [0.3, 0.4) is 0 Å². The van der Waals surface area contributed by atoms with E-state index in [2.05, 4.69) is 60.0 Å². The summed E-state index contributed by atoms with van der Waals surface area (Å²) in [6, 6.07) is 0. The first-order chi connectivity index (χ1) is 9.55. The number of nitrogens with zero attached hydrogens (tertiary/aromatic N) is 2. The zero-order valence-electron chi connectivity index (χ0n) is 13.7. The molecule has 0 saturated carbocycles. The molecule has 1 aromatic heterocycles. The molecule has 0 amide bonds. The van der Waals surface area contributed by atoms with Crippen LogP contribution in [0.2, 0.25) is 0 Å². The van der Waals surface area contributed by atoms with Gasteiger partial charge >= 0.3 is 0 Å². The van der Waals surface area contributed by atoms with Crippen molar-refractivity contribution in [2.24, 2.45) is 7.05 Å². The van der Waals surface area contributed by atoms with Crippen LogP contribution in [0.4, 0.5) is 0 Å². The minimum atomic E-state index is 0.296. The topological polar surface area (TPSA) is 17.8 Å². The Labute approximate surface area is 138 Å². The Morgan fingerprint density at radius 3 is 2.10 bits per heavy atom. The minimum Gasteiger partial charge on any atom is -0.336 e. The second-order valence-electron chi connectivity index (χ2n) is 6.32. The summed E-state index contributed by atoms with van der Waals surface area (Å²) in [4.78, 5) is 4.50. The van der Waals surface area contributed by atoms with E-state index in [9.17, 15) is 0 Å². The quantitative estimate of drug-likeness (QED) is 0.363. The fourth-order valence-corrected chi connectivity index (χ4v) is 4.30. The molecular formula is C17H31IN2. The fraction of sp³-hybridized carbons (Fsp3) is 0.824. The Kier molecular flexibility index (Phi) is 8.15. The molecule has 0 N–H and O–H groups in total. The van der Waals surface area contributed by atoms with Crippen molar-refractivity contribution >= 4 is 22.6 Å². The van der Waals surface area contributed by atoms with E-state index in [-0.39, 0.29) is 0 Å². The molecule has 1 atom stereocenters. The highest BCUT2D eigenvalue weighted by atomic mass is 127. The van der Waals surface area contributed by atoms with Gasteiger partial charge in [0.1, 0.15) is 3.70 Å². The van der Waals surface area contributed by atoms with Gasteiger partial charge in [0.15, 0.2) is 0 Å². The number of unbranched alkanes of at least 4 members (excludes halogenated alkanes) is 5. The van der Waals surface area contributed by atoms with Gasteiger partial charge in [-0.15, -0.1) is 0 Å². The molecule has 3 heteroatoms. The van der Waals surface area contributed by atoms with Crippen molar-refractivity contribution in [2.75, 3.05) is 0 Å². The van der Waals surface area contributed by atoms with E-state index in [1.807, 2.05) is 6.33 Å². The summed E-state index contributed by atoms with van der Waals surface area (Å²) >= 11 is 2.40. The third kappa shape index (κ3) is 5.05. The van der Waals surface area contributed by atoms with Crippen LogP contribution >= 0.6 is 22.6 Å². The third-order valence-electron chi connectivity index (χ3n) is 4.38. The Hall–Kier alpha value is -0.0600. The molecule has 0 aromatic carbocycles. The zero-order chi connectivity index (χ0) is 15.0. The van der Waals surface area contributed by atoms with Gasteiger partial charge in [-0.25, -0.2) is 4.98 Å². The molecule has 0 aliphatic rings. The highest BCUT2D eigenvalue weighted by molar-refractivity contribution is 14.1. The van der Waals surface area contributed by atoms with Crippen LogP contribution in [0, 0.1) is 3.70 Å². The summed E-state index contributed by atoms with van der Waals surface area (Å²) in [6.45, 7) is 7.02. The molecule has 2 nitrogen and oxygen atoms in total. The van der Waals surface area contributed by atoms with Crippen molar-refractivity contribution < 1.29 is 0 Å². The molecule has 0 saturated heterocycles. The SMILES string of the molecule is CCCCCCC(C)(CCCCC)c1c(I)ncn1C. The molecular weight excluding hydrogens is 359 g/mol. The van der Waals surface area contributed by atoms with Crippen molar-refractivity contribution in [1.82, 2.24) is 9.55 Å². The van der Waals surface area contributed by atoms with E-state index in [4.69, 9.17) is 0 Å². The van der Waals surface area contributed by atoms with Crippen molar-refractivity contribution in [3.8, 4) is 0 Å². The first-order valence-electron chi connectivity index (χ1n) is 8.22. The lowest BCUT2D eigenvalue weighted by Crippen LogP contribution is -2.26. The summed E-state index contributed by atoms with van der Waals surface area (Å²) in [5.41, 5.74) is 1.75. The fourth-order valence-electron chi connectivity index (χ4n) is 3.15. The summed E-state index contributed by atoms with van der Waals surface area (Å²) in [5.74, 6) is 0. The number of halogens is 1. The van der Waals surface area contributed by atoms with Crippen LogP contribution in [-0.4, -0.2) is 9.55 Å². The molecule has 0 fully saturated rings. The monoisotopic (exact) mass is 390 g/mol. The molecule has 0 bridgehead atoms. The van der Waals surface area contributed by atoms with E-state index >= 15 is 0 Å². The maximum absolute atomic E-state index is 4.50. The third-order valence-corrected chi connectivity index (χ3v) is 5.17. The van der Waals surface area contributed by atoms with Crippen LogP contribution in [0.25, 0.3) is 0 Å². The smallest absolute Gasteiger partial charge is 0.123 e. The number of hydrogen-bond acceptors (Lipinski definition) is 1. The Morgan fingerprint density at radius 2 is 1.60 bits per heavy atom. The molecule has 0 aliphatic heterocycles. The van der Waals surface area contributed by atoms with Crippen LogP contribution in [0.15, 0.2) is 6.33 Å². The van der Waals surface area contributed by atoms with Gasteiger partial charge in [0.25, 0.3) is 0 Å². The molecule has 20 heavy (non-hydrogen) atoms. The van der Waals surface area contributed by atoms with Gasteiger partial charge in [-0.05, 0) is 35.4 Å².